The first kappa shape index (κ1) is 13.4. The molecule has 1 amide bonds. The van der Waals surface area contributed by atoms with Crippen LogP contribution in [-0.2, 0) is 10.0 Å². The number of rotatable bonds is 3. The Balaban J connectivity index is 2.32. The lowest BCUT2D eigenvalue weighted by Crippen LogP contribution is -2.16. The van der Waals surface area contributed by atoms with Crippen molar-refractivity contribution in [2.75, 3.05) is 5.32 Å². The van der Waals surface area contributed by atoms with E-state index in [4.69, 9.17) is 16.7 Å². The average molecular weight is 303 g/mol. The second-order valence-electron chi connectivity index (χ2n) is 3.38. The molecule has 11 heteroatoms. The number of tetrazole rings is 1. The van der Waals surface area contributed by atoms with Gasteiger partial charge in [0, 0.05) is 0 Å². The number of hydrogen-bond acceptors (Lipinski definition) is 6. The number of anilines is 1. The van der Waals surface area contributed by atoms with Gasteiger partial charge in [0.05, 0.1) is 15.6 Å². The van der Waals surface area contributed by atoms with E-state index in [1.807, 2.05) is 0 Å². The molecular weight excluding hydrogens is 296 g/mol. The van der Waals surface area contributed by atoms with E-state index in [0.29, 0.717) is 0 Å². The number of carbonyl (C=O) groups excluding carboxylic acids is 1. The van der Waals surface area contributed by atoms with E-state index < -0.39 is 15.9 Å². The number of aromatic nitrogens is 4. The van der Waals surface area contributed by atoms with Crippen LogP contribution in [0.15, 0.2) is 23.1 Å². The zero-order valence-corrected chi connectivity index (χ0v) is 10.7. The quantitative estimate of drug-likeness (QED) is 0.713. The smallest absolute Gasteiger partial charge is 0.297 e. The molecule has 2 rings (SSSR count). The summed E-state index contributed by atoms with van der Waals surface area (Å²) >= 11 is 5.84. The highest BCUT2D eigenvalue weighted by atomic mass is 35.5. The van der Waals surface area contributed by atoms with Crippen LogP contribution in [0, 0.1) is 0 Å². The van der Waals surface area contributed by atoms with Crippen LogP contribution >= 0.6 is 11.6 Å². The molecule has 0 saturated heterocycles. The maximum Gasteiger partial charge on any atom is 0.297 e. The maximum atomic E-state index is 11.7. The Kier molecular flexibility index (Phi) is 3.46. The van der Waals surface area contributed by atoms with Crippen molar-refractivity contribution in [3.8, 4) is 0 Å². The first-order valence-electron chi connectivity index (χ1n) is 4.75. The fourth-order valence-electron chi connectivity index (χ4n) is 1.21. The van der Waals surface area contributed by atoms with Gasteiger partial charge in [0.2, 0.25) is 10.0 Å². The molecule has 0 aliphatic carbocycles. The lowest BCUT2D eigenvalue weighted by molar-refractivity contribution is 0.101. The van der Waals surface area contributed by atoms with E-state index in [0.717, 1.165) is 6.07 Å². The Morgan fingerprint density at radius 1 is 1.42 bits per heavy atom. The summed E-state index contributed by atoms with van der Waals surface area (Å²) in [6.45, 7) is 0. The number of primary sulfonamides is 1. The minimum atomic E-state index is -3.89. The van der Waals surface area contributed by atoms with Crippen molar-refractivity contribution in [3.63, 3.8) is 0 Å². The summed E-state index contributed by atoms with van der Waals surface area (Å²) in [5.41, 5.74) is 0.0722. The van der Waals surface area contributed by atoms with Crippen molar-refractivity contribution in [3.05, 3.63) is 29.0 Å². The van der Waals surface area contributed by atoms with Crippen LogP contribution in [0.4, 0.5) is 5.69 Å². The largest absolute Gasteiger partial charge is 0.318 e. The van der Waals surface area contributed by atoms with Gasteiger partial charge in [0.15, 0.2) is 0 Å². The summed E-state index contributed by atoms with van der Waals surface area (Å²) in [5.74, 6) is -0.903. The van der Waals surface area contributed by atoms with Gasteiger partial charge < -0.3 is 5.32 Å². The third-order valence-electron chi connectivity index (χ3n) is 2.06. The molecule has 0 saturated carbocycles. The van der Waals surface area contributed by atoms with Crippen LogP contribution in [0.2, 0.25) is 5.02 Å². The number of aromatic amines is 1. The molecule has 0 aliphatic heterocycles. The van der Waals surface area contributed by atoms with Crippen LogP contribution in [0.5, 0.6) is 0 Å². The number of benzene rings is 1. The number of nitrogens with one attached hydrogen (secondary N) is 2. The lowest BCUT2D eigenvalue weighted by atomic mass is 10.3. The third-order valence-corrected chi connectivity index (χ3v) is 3.30. The van der Waals surface area contributed by atoms with Crippen LogP contribution < -0.4 is 10.5 Å². The first-order valence-corrected chi connectivity index (χ1v) is 6.67. The standard InChI is InChI=1S/C8H7ClN6O3S/c9-5-2-1-4(19(10,17)18)3-6(5)11-8(16)7-12-14-15-13-7/h1-3H,(H,11,16)(H2,10,17,18)(H,12,13,14,15). The zero-order chi connectivity index (χ0) is 14.0. The minimum Gasteiger partial charge on any atom is -0.318 e. The molecule has 4 N–H and O–H groups in total. The molecule has 9 nitrogen and oxygen atoms in total. The van der Waals surface area contributed by atoms with Gasteiger partial charge >= 0.3 is 0 Å². The number of nitrogens with zero attached hydrogens (tertiary/aromatic N) is 3. The van der Waals surface area contributed by atoms with Crippen molar-refractivity contribution in [1.82, 2.24) is 20.6 Å². The van der Waals surface area contributed by atoms with Crippen LogP contribution in [-0.4, -0.2) is 34.9 Å². The van der Waals surface area contributed by atoms with Gasteiger partial charge in [0.25, 0.3) is 11.7 Å². The van der Waals surface area contributed by atoms with E-state index in [-0.39, 0.29) is 21.4 Å². The van der Waals surface area contributed by atoms with Gasteiger partial charge in [-0.05, 0) is 23.4 Å². The normalized spacial score (nSPS) is 11.3. The van der Waals surface area contributed by atoms with E-state index in [2.05, 4.69) is 25.9 Å². The van der Waals surface area contributed by atoms with Crippen molar-refractivity contribution in [2.24, 2.45) is 5.14 Å². The molecule has 0 bridgehead atoms. The molecule has 1 aromatic heterocycles. The molecule has 0 spiro atoms. The summed E-state index contributed by atoms with van der Waals surface area (Å²) in [5, 5.41) is 19.7. The summed E-state index contributed by atoms with van der Waals surface area (Å²) < 4.78 is 22.4. The van der Waals surface area contributed by atoms with Gasteiger partial charge in [-0.15, -0.1) is 10.2 Å². The Labute approximate surface area is 112 Å². The highest BCUT2D eigenvalue weighted by Crippen LogP contribution is 2.24. The van der Waals surface area contributed by atoms with Crippen molar-refractivity contribution < 1.29 is 13.2 Å². The van der Waals surface area contributed by atoms with Gasteiger partial charge in [-0.25, -0.2) is 13.6 Å². The lowest BCUT2D eigenvalue weighted by Gasteiger charge is -2.06. The number of H-pyrrole nitrogens is 1. The fourth-order valence-corrected chi connectivity index (χ4v) is 1.92. The molecular formula is C8H7ClN6O3S. The van der Waals surface area contributed by atoms with E-state index in [1.54, 1.807) is 0 Å². The van der Waals surface area contributed by atoms with E-state index in [1.165, 1.54) is 12.1 Å². The Morgan fingerprint density at radius 2 is 2.16 bits per heavy atom. The minimum absolute atomic E-state index is 0.0722. The van der Waals surface area contributed by atoms with E-state index >= 15 is 0 Å². The van der Waals surface area contributed by atoms with E-state index in [9.17, 15) is 13.2 Å². The molecule has 0 unspecified atom stereocenters. The Bertz CT molecular complexity index is 714. The molecule has 0 radical (unpaired) electrons. The molecule has 0 fully saturated rings. The number of halogens is 1. The number of carbonyl (C=O) groups is 1. The van der Waals surface area contributed by atoms with Crippen molar-refractivity contribution in [2.45, 2.75) is 4.90 Å². The van der Waals surface area contributed by atoms with Gasteiger partial charge in [0.1, 0.15) is 0 Å². The van der Waals surface area contributed by atoms with Crippen molar-refractivity contribution in [1.29, 1.82) is 0 Å². The monoisotopic (exact) mass is 302 g/mol. The first-order chi connectivity index (χ1) is 8.88. The summed E-state index contributed by atoms with van der Waals surface area (Å²) in [6.07, 6.45) is 0. The highest BCUT2D eigenvalue weighted by molar-refractivity contribution is 7.89. The Hall–Kier alpha value is -2.04. The molecule has 0 atom stereocenters. The van der Waals surface area contributed by atoms with Gasteiger partial charge in [-0.2, -0.15) is 5.21 Å². The number of amides is 1. The second kappa shape index (κ2) is 4.91. The second-order valence-corrected chi connectivity index (χ2v) is 5.34. The van der Waals surface area contributed by atoms with Crippen LogP contribution in [0.3, 0.4) is 0 Å². The Morgan fingerprint density at radius 3 is 2.74 bits per heavy atom. The fraction of sp³-hybridized carbons (Fsp3) is 0. The molecule has 0 aliphatic rings. The highest BCUT2D eigenvalue weighted by Gasteiger charge is 2.15. The molecule has 2 aromatic rings. The summed E-state index contributed by atoms with van der Waals surface area (Å²) in [7, 11) is -3.89. The third kappa shape index (κ3) is 3.05. The van der Waals surface area contributed by atoms with Gasteiger partial charge in [-0.3, -0.25) is 4.79 Å². The summed E-state index contributed by atoms with van der Waals surface area (Å²) in [4.78, 5) is 11.5. The van der Waals surface area contributed by atoms with Crippen LogP contribution in [0.25, 0.3) is 0 Å². The predicted molar refractivity (Wildman–Crippen MR) is 65.0 cm³/mol. The average Bonchev–Trinajstić information content (AvgIpc) is 2.84. The number of nitrogens with two attached hydrogens (primary N) is 1. The molecule has 100 valence electrons. The number of hydrogen-bond donors (Lipinski definition) is 3. The molecule has 19 heavy (non-hydrogen) atoms. The van der Waals surface area contributed by atoms with Crippen LogP contribution in [0.1, 0.15) is 10.6 Å². The van der Waals surface area contributed by atoms with Gasteiger partial charge in [-0.1, -0.05) is 11.6 Å². The maximum absolute atomic E-state index is 11.7. The molecule has 1 heterocycles. The zero-order valence-electron chi connectivity index (χ0n) is 9.16. The SMILES string of the molecule is NS(=O)(=O)c1ccc(Cl)c(NC(=O)c2nn[nH]n2)c1. The summed E-state index contributed by atoms with van der Waals surface area (Å²) in [6, 6.07) is 3.66. The number of sulfonamides is 1. The topological polar surface area (TPSA) is 144 Å². The molecule has 1 aromatic carbocycles. The van der Waals surface area contributed by atoms with Crippen molar-refractivity contribution >= 4 is 33.2 Å². The predicted octanol–water partition coefficient (Wildman–Crippen LogP) is -0.247.